The van der Waals surface area contributed by atoms with Crippen LogP contribution in [-0.2, 0) is 29.1 Å². The summed E-state index contributed by atoms with van der Waals surface area (Å²) in [7, 11) is -1.04. The molecular weight excluding hydrogens is 910 g/mol. The molecule has 3 heterocycles. The Hall–Kier alpha value is -5.92. The van der Waals surface area contributed by atoms with Crippen LogP contribution in [-0.4, -0.2) is 109 Å². The van der Waals surface area contributed by atoms with Gasteiger partial charge in [0, 0.05) is 35.7 Å². The van der Waals surface area contributed by atoms with Gasteiger partial charge in [-0.2, -0.15) is 13.2 Å². The first-order valence-corrected chi connectivity index (χ1v) is 24.3. The van der Waals surface area contributed by atoms with Gasteiger partial charge in [0.05, 0.1) is 30.3 Å². The van der Waals surface area contributed by atoms with Gasteiger partial charge in [-0.25, -0.2) is 18.2 Å². The summed E-state index contributed by atoms with van der Waals surface area (Å²) < 4.78 is 86.5. The zero-order valence-corrected chi connectivity index (χ0v) is 40.0. The molecule has 1 aromatic heterocycles. The van der Waals surface area contributed by atoms with E-state index in [2.05, 4.69) is 20.3 Å². The quantitative estimate of drug-likeness (QED) is 0.175. The third-order valence-electron chi connectivity index (χ3n) is 13.9. The number of amides is 5. The van der Waals surface area contributed by atoms with Crippen LogP contribution in [0.4, 0.5) is 23.7 Å². The molecule has 2 aliphatic heterocycles. The van der Waals surface area contributed by atoms with Crippen LogP contribution in [0, 0.1) is 17.8 Å². The number of carbonyl (C=O) groups excluding carboxylic acids is 5. The maximum absolute atomic E-state index is 15.1. The molecule has 0 bridgehead atoms. The van der Waals surface area contributed by atoms with Gasteiger partial charge in [-0.1, -0.05) is 50.6 Å². The number of carbonyl (C=O) groups is 5. The lowest BCUT2D eigenvalue weighted by Crippen LogP contribution is -2.60. The molecule has 7 atom stereocenters. The van der Waals surface area contributed by atoms with Crippen LogP contribution in [0.5, 0.6) is 11.6 Å². The van der Waals surface area contributed by atoms with Crippen LogP contribution in [0.25, 0.3) is 10.8 Å². The smallest absolute Gasteiger partial charge is 0.427 e. The Bertz CT molecular complexity index is 2590. The van der Waals surface area contributed by atoms with Crippen LogP contribution in [0.2, 0.25) is 0 Å². The third kappa shape index (κ3) is 10.1. The van der Waals surface area contributed by atoms with Crippen molar-refractivity contribution in [3.05, 3.63) is 72.4 Å². The van der Waals surface area contributed by atoms with Gasteiger partial charge in [0.1, 0.15) is 29.5 Å². The summed E-state index contributed by atoms with van der Waals surface area (Å²) >= 11 is 0. The first kappa shape index (κ1) is 50.0. The van der Waals surface area contributed by atoms with Crippen LogP contribution >= 0.6 is 0 Å². The molecule has 7 unspecified atom stereocenters. The minimum atomic E-state index is -4.95. The second-order valence-corrected chi connectivity index (χ2v) is 21.5. The molecule has 2 aromatic carbocycles. The average molecular weight is 969 g/mol. The maximum Gasteiger partial charge on any atom is 0.427 e. The first-order chi connectivity index (χ1) is 31.9. The Balaban J connectivity index is 1.26. The van der Waals surface area contributed by atoms with Gasteiger partial charge in [0.25, 0.3) is 11.8 Å². The summed E-state index contributed by atoms with van der Waals surface area (Å²) in [6.45, 7) is 6.35. The fourth-order valence-electron chi connectivity index (χ4n) is 8.97. The van der Waals surface area contributed by atoms with E-state index in [1.807, 2.05) is 13.0 Å². The number of nitrogens with zero attached hydrogens (tertiary/aromatic N) is 3. The number of sulfonamides is 1. The van der Waals surface area contributed by atoms with Crippen molar-refractivity contribution in [1.29, 1.82) is 0 Å². The summed E-state index contributed by atoms with van der Waals surface area (Å²) in [4.78, 5) is 78.3. The van der Waals surface area contributed by atoms with E-state index in [1.165, 1.54) is 30.0 Å². The minimum Gasteiger partial charge on any atom is -0.497 e. The summed E-state index contributed by atoms with van der Waals surface area (Å²) in [5.74, 6) is -3.62. The highest BCUT2D eigenvalue weighted by atomic mass is 32.2. The van der Waals surface area contributed by atoms with Crippen LogP contribution < -0.4 is 29.7 Å². The molecule has 3 aromatic rings. The second-order valence-electron chi connectivity index (χ2n) is 19.3. The number of halogens is 3. The zero-order chi connectivity index (χ0) is 49.6. The highest BCUT2D eigenvalue weighted by Crippen LogP contribution is 2.48. The lowest BCUT2D eigenvalue weighted by molar-refractivity contribution is -0.244. The van der Waals surface area contributed by atoms with E-state index >= 15 is 4.79 Å². The van der Waals surface area contributed by atoms with E-state index in [-0.39, 0.29) is 37.1 Å². The molecule has 0 spiro atoms. The van der Waals surface area contributed by atoms with E-state index in [9.17, 15) is 40.8 Å². The first-order valence-electron chi connectivity index (χ1n) is 22.8. The van der Waals surface area contributed by atoms with E-state index in [0.717, 1.165) is 0 Å². The fraction of sp³-hybridized carbons (Fsp3) is 0.542. The highest BCUT2D eigenvalue weighted by Gasteiger charge is 2.63. The number of fused-ring (bicyclic) bond motifs is 3. The molecule has 5 amide bonds. The predicted molar refractivity (Wildman–Crippen MR) is 245 cm³/mol. The monoisotopic (exact) mass is 968 g/mol. The molecule has 68 heavy (non-hydrogen) atoms. The Morgan fingerprint density at radius 3 is 2.40 bits per heavy atom. The summed E-state index contributed by atoms with van der Waals surface area (Å²) in [6.07, 6.45) is 0.0296. The molecule has 0 radical (unpaired) electrons. The highest BCUT2D eigenvalue weighted by molar-refractivity contribution is 7.91. The standard InChI is InChI=1S/C48H59F3N6O10S/c1-8-29-22-28(2)14-12-13-17-31-25-47(31,43(61)55-68(63,64)46(5)20-21-46)54-39(58)36-24-33(27-57(36)42(60)38(29)53-44(62)67-45(3,4)48(49,50)51)66-40-34-19-18-32(65-7)23-35(34)37(26-52-40)56(6)41(59)30-15-10-9-11-16-30/h9-11,13,15-19,23,26,28-29,31,33,36,38H,8,12,14,20-22,24-25,27H2,1-7H3,(H,53,62)(H,54,58)(H,55,61). The summed E-state index contributed by atoms with van der Waals surface area (Å²) in [6, 6.07) is 10.8. The van der Waals surface area contributed by atoms with Gasteiger partial charge in [-0.05, 0) is 101 Å². The number of methoxy groups -OCH3 is 1. The minimum absolute atomic E-state index is 0.0688. The number of benzene rings is 2. The molecular formula is C48H59F3N6O10S. The molecule has 368 valence electrons. The summed E-state index contributed by atoms with van der Waals surface area (Å²) in [5, 5.41) is 6.21. The molecule has 20 heteroatoms. The van der Waals surface area contributed by atoms with Gasteiger partial charge in [0.2, 0.25) is 33.3 Å². The number of anilines is 1. The number of hydrogen-bond donors (Lipinski definition) is 3. The van der Waals surface area contributed by atoms with Crippen molar-refractivity contribution in [2.45, 2.75) is 126 Å². The van der Waals surface area contributed by atoms with E-state index in [0.29, 0.717) is 80.1 Å². The normalized spacial score (nSPS) is 26.2. The fourth-order valence-corrected chi connectivity index (χ4v) is 10.3. The van der Waals surface area contributed by atoms with Crippen molar-refractivity contribution in [1.82, 2.24) is 25.2 Å². The summed E-state index contributed by atoms with van der Waals surface area (Å²) in [5.41, 5.74) is -3.77. The average Bonchev–Trinajstić information content (AvgIpc) is 4.17. The van der Waals surface area contributed by atoms with Crippen molar-refractivity contribution in [3.8, 4) is 11.6 Å². The molecule has 7 rings (SSSR count). The molecule has 4 aliphatic rings. The molecule has 3 N–H and O–H groups in total. The van der Waals surface area contributed by atoms with Crippen molar-refractivity contribution in [2.24, 2.45) is 17.8 Å². The third-order valence-corrected chi connectivity index (χ3v) is 16.1. The number of hydrogen-bond acceptors (Lipinski definition) is 11. The molecule has 2 aliphatic carbocycles. The van der Waals surface area contributed by atoms with E-state index in [1.54, 1.807) is 68.6 Å². The second kappa shape index (κ2) is 18.9. The Morgan fingerprint density at radius 2 is 1.75 bits per heavy atom. The van der Waals surface area contributed by atoms with Crippen LogP contribution in [0.15, 0.2) is 66.9 Å². The molecule has 2 saturated carbocycles. The molecule has 3 fully saturated rings. The van der Waals surface area contributed by atoms with Crippen LogP contribution in [0.1, 0.15) is 96.3 Å². The number of alkyl carbamates (subject to hydrolysis) is 1. The lowest BCUT2D eigenvalue weighted by Gasteiger charge is -2.35. The van der Waals surface area contributed by atoms with Crippen molar-refractivity contribution in [2.75, 3.05) is 25.6 Å². The van der Waals surface area contributed by atoms with Crippen molar-refractivity contribution in [3.63, 3.8) is 0 Å². The number of pyridine rings is 1. The van der Waals surface area contributed by atoms with Gasteiger partial charge in [0.15, 0.2) is 0 Å². The van der Waals surface area contributed by atoms with Crippen LogP contribution in [0.3, 0.4) is 0 Å². The van der Waals surface area contributed by atoms with E-state index in [4.69, 9.17) is 14.2 Å². The SMILES string of the molecule is CCC1CC(C)CCC=CC2CC2(C(=O)NS(=O)(=O)C2(C)CC2)NC(=O)C2CC(Oc3ncc(N(C)C(=O)c4ccccc4)c4cc(OC)ccc34)CN2C(=O)C1NC(=O)OC(C)(C)C(F)(F)F. The Morgan fingerprint density at radius 1 is 1.04 bits per heavy atom. The number of nitrogens with one attached hydrogen (secondary N) is 3. The Kier molecular flexibility index (Phi) is 13.9. The van der Waals surface area contributed by atoms with Gasteiger partial charge >= 0.3 is 12.3 Å². The molecule has 1 saturated heterocycles. The van der Waals surface area contributed by atoms with Crippen molar-refractivity contribution >= 4 is 56.2 Å². The van der Waals surface area contributed by atoms with Gasteiger partial charge < -0.3 is 34.6 Å². The number of rotatable bonds is 11. The molecule has 16 nitrogen and oxygen atoms in total. The topological polar surface area (TPSA) is 203 Å². The van der Waals surface area contributed by atoms with Crippen molar-refractivity contribution < 1.29 is 59.8 Å². The maximum atomic E-state index is 15.1. The largest absolute Gasteiger partial charge is 0.497 e. The van der Waals surface area contributed by atoms with Gasteiger partial charge in [-0.3, -0.25) is 23.9 Å². The predicted octanol–water partition coefficient (Wildman–Crippen LogP) is 6.58. The number of ether oxygens (including phenoxy) is 3. The Labute approximate surface area is 393 Å². The number of alkyl halides is 3. The zero-order valence-electron chi connectivity index (χ0n) is 39.1. The van der Waals surface area contributed by atoms with Gasteiger partial charge in [-0.15, -0.1) is 0 Å². The lowest BCUT2D eigenvalue weighted by atomic mass is 9.85. The number of aromatic nitrogens is 1. The number of allylic oxidation sites excluding steroid dienone is 1. The van der Waals surface area contributed by atoms with E-state index < -0.39 is 85.9 Å².